The molecule has 0 aliphatic carbocycles. The summed E-state index contributed by atoms with van der Waals surface area (Å²) in [5.74, 6) is 0.525. The SMILES string of the molecule is CCOC(CCNC(=O)c1ccc(COc2ccc(C(=O)N3CC(C(=O)OC4CN5CCC4CC5)(c4ccccc4)C3)cc2)cc1)OCC. The highest BCUT2D eigenvalue weighted by Gasteiger charge is 2.54. The summed E-state index contributed by atoms with van der Waals surface area (Å²) in [6.07, 6.45) is 2.30. The predicted octanol–water partition coefficient (Wildman–Crippen LogP) is 4.82. The molecule has 1 atom stereocenters. The molecule has 4 saturated heterocycles. The van der Waals surface area contributed by atoms with Crippen molar-refractivity contribution in [2.45, 2.75) is 57.5 Å². The molecule has 3 aromatic carbocycles. The first-order valence-electron chi connectivity index (χ1n) is 17.5. The monoisotopic (exact) mass is 669 g/mol. The van der Waals surface area contributed by atoms with E-state index in [2.05, 4.69) is 10.2 Å². The number of hydrogen-bond acceptors (Lipinski definition) is 8. The summed E-state index contributed by atoms with van der Waals surface area (Å²) in [6.45, 7) is 9.21. The number of rotatable bonds is 15. The minimum atomic E-state index is -0.863. The van der Waals surface area contributed by atoms with Crippen LogP contribution in [0.4, 0.5) is 0 Å². The fourth-order valence-electron chi connectivity index (χ4n) is 7.02. The number of amides is 2. The fourth-order valence-corrected chi connectivity index (χ4v) is 7.02. The fraction of sp³-hybridized carbons (Fsp3) is 0.462. The van der Waals surface area contributed by atoms with E-state index in [9.17, 15) is 14.4 Å². The normalized spacial score (nSPS) is 20.8. The number of carbonyl (C=O) groups is 3. The van der Waals surface area contributed by atoms with Gasteiger partial charge in [0.2, 0.25) is 0 Å². The summed E-state index contributed by atoms with van der Waals surface area (Å²) < 4.78 is 23.2. The van der Waals surface area contributed by atoms with E-state index in [1.54, 1.807) is 41.3 Å². The van der Waals surface area contributed by atoms with E-state index in [1.807, 2.05) is 56.3 Å². The maximum absolute atomic E-state index is 13.8. The summed E-state index contributed by atoms with van der Waals surface area (Å²) in [7, 11) is 0. The van der Waals surface area contributed by atoms with Crippen molar-refractivity contribution in [3.8, 4) is 5.75 Å². The molecule has 49 heavy (non-hydrogen) atoms. The smallest absolute Gasteiger partial charge is 0.320 e. The first-order chi connectivity index (χ1) is 23.9. The molecule has 1 N–H and O–H groups in total. The first kappa shape index (κ1) is 34.6. The number of piperidine rings is 3. The Morgan fingerprint density at radius 1 is 0.857 bits per heavy atom. The van der Waals surface area contributed by atoms with Crippen LogP contribution in [0, 0.1) is 5.92 Å². The third-order valence-corrected chi connectivity index (χ3v) is 9.87. The molecule has 1 unspecified atom stereocenters. The van der Waals surface area contributed by atoms with Crippen molar-refractivity contribution >= 4 is 17.8 Å². The Bertz CT molecular complexity index is 1540. The third kappa shape index (κ3) is 8.15. The highest BCUT2D eigenvalue weighted by molar-refractivity contribution is 5.98. The molecule has 2 bridgehead atoms. The van der Waals surface area contributed by atoms with Gasteiger partial charge in [0.15, 0.2) is 6.29 Å². The van der Waals surface area contributed by atoms with Gasteiger partial charge in [0.05, 0.1) is 0 Å². The molecular formula is C39H47N3O7. The highest BCUT2D eigenvalue weighted by atomic mass is 16.7. The second kappa shape index (κ2) is 16.0. The van der Waals surface area contributed by atoms with E-state index in [0.717, 1.165) is 43.6 Å². The molecule has 4 fully saturated rings. The lowest BCUT2D eigenvalue weighted by molar-refractivity contribution is -0.171. The van der Waals surface area contributed by atoms with Gasteiger partial charge in [-0.3, -0.25) is 19.3 Å². The quantitative estimate of drug-likeness (QED) is 0.182. The average Bonchev–Trinajstić information content (AvgIpc) is 3.12. The van der Waals surface area contributed by atoms with Crippen molar-refractivity contribution in [3.63, 3.8) is 0 Å². The van der Waals surface area contributed by atoms with Crippen molar-refractivity contribution < 1.29 is 33.3 Å². The molecule has 4 aliphatic heterocycles. The standard InChI is InChI=1S/C39H47N3O7/c1-3-46-35(47-4-2)18-21-40-36(43)30-12-10-28(11-13-30)25-48-33-16-14-31(15-17-33)37(44)42-26-39(27-42,32-8-6-5-7-9-32)38(45)49-34-24-41-22-19-29(34)20-23-41/h5-17,29,34-35H,3-4,18-27H2,1-2H3,(H,40,43). The van der Waals surface area contributed by atoms with Crippen LogP contribution < -0.4 is 10.1 Å². The number of hydrogen-bond donors (Lipinski definition) is 1. The topological polar surface area (TPSA) is 107 Å². The molecule has 3 aromatic rings. The van der Waals surface area contributed by atoms with E-state index >= 15 is 0 Å². The van der Waals surface area contributed by atoms with Crippen LogP contribution in [0.5, 0.6) is 5.75 Å². The Kier molecular flexibility index (Phi) is 11.3. The van der Waals surface area contributed by atoms with E-state index in [4.69, 9.17) is 18.9 Å². The molecule has 10 heteroatoms. The zero-order chi connectivity index (χ0) is 34.2. The Hall–Kier alpha value is -4.25. The summed E-state index contributed by atoms with van der Waals surface area (Å²) in [5.41, 5.74) is 2.02. The van der Waals surface area contributed by atoms with Crippen LogP contribution in [0.3, 0.4) is 0 Å². The molecule has 2 amide bonds. The Morgan fingerprint density at radius 3 is 2.12 bits per heavy atom. The number of esters is 1. The van der Waals surface area contributed by atoms with E-state index < -0.39 is 5.41 Å². The predicted molar refractivity (Wildman–Crippen MR) is 184 cm³/mol. The van der Waals surface area contributed by atoms with Crippen LogP contribution >= 0.6 is 0 Å². The molecule has 7 rings (SSSR count). The van der Waals surface area contributed by atoms with Crippen LogP contribution in [0.15, 0.2) is 78.9 Å². The number of nitrogens with zero attached hydrogens (tertiary/aromatic N) is 2. The highest BCUT2D eigenvalue weighted by Crippen LogP contribution is 2.39. The van der Waals surface area contributed by atoms with Gasteiger partial charge < -0.3 is 29.2 Å². The van der Waals surface area contributed by atoms with Gasteiger partial charge >= 0.3 is 5.97 Å². The molecule has 0 radical (unpaired) electrons. The molecule has 260 valence electrons. The zero-order valence-electron chi connectivity index (χ0n) is 28.5. The maximum Gasteiger partial charge on any atom is 0.320 e. The van der Waals surface area contributed by atoms with E-state index in [0.29, 0.717) is 55.6 Å². The first-order valence-corrected chi connectivity index (χ1v) is 17.5. The molecule has 0 spiro atoms. The lowest BCUT2D eigenvalue weighted by Crippen LogP contribution is -2.66. The number of ether oxygens (including phenoxy) is 4. The maximum atomic E-state index is 13.8. The van der Waals surface area contributed by atoms with Crippen LogP contribution in [0.2, 0.25) is 0 Å². The lowest BCUT2D eigenvalue weighted by Gasteiger charge is -2.50. The van der Waals surface area contributed by atoms with E-state index in [1.165, 1.54) is 0 Å². The summed E-state index contributed by atoms with van der Waals surface area (Å²) in [6, 6.07) is 24.0. The van der Waals surface area contributed by atoms with Gasteiger partial charge in [0.1, 0.15) is 23.9 Å². The van der Waals surface area contributed by atoms with Gasteiger partial charge in [0, 0.05) is 56.9 Å². The lowest BCUT2D eigenvalue weighted by atomic mass is 9.73. The Morgan fingerprint density at radius 2 is 1.51 bits per heavy atom. The van der Waals surface area contributed by atoms with Gasteiger partial charge in [-0.2, -0.15) is 0 Å². The van der Waals surface area contributed by atoms with Gasteiger partial charge in [-0.05, 0) is 93.2 Å². The zero-order valence-corrected chi connectivity index (χ0v) is 28.5. The Labute approximate surface area is 288 Å². The van der Waals surface area contributed by atoms with Gasteiger partial charge in [-0.25, -0.2) is 0 Å². The second-order valence-corrected chi connectivity index (χ2v) is 13.1. The van der Waals surface area contributed by atoms with Crippen LogP contribution in [0.25, 0.3) is 0 Å². The second-order valence-electron chi connectivity index (χ2n) is 13.1. The van der Waals surface area contributed by atoms with E-state index in [-0.39, 0.29) is 43.3 Å². The van der Waals surface area contributed by atoms with Crippen molar-refractivity contribution in [2.24, 2.45) is 5.92 Å². The molecule has 10 nitrogen and oxygen atoms in total. The molecule has 4 aliphatic rings. The van der Waals surface area contributed by atoms with Crippen molar-refractivity contribution in [2.75, 3.05) is 52.5 Å². The van der Waals surface area contributed by atoms with Gasteiger partial charge in [-0.15, -0.1) is 0 Å². The minimum Gasteiger partial charge on any atom is -0.489 e. The number of fused-ring (bicyclic) bond motifs is 3. The van der Waals surface area contributed by atoms with Crippen molar-refractivity contribution in [1.29, 1.82) is 0 Å². The third-order valence-electron chi connectivity index (χ3n) is 9.87. The van der Waals surface area contributed by atoms with Crippen LogP contribution in [-0.4, -0.2) is 92.5 Å². The average molecular weight is 670 g/mol. The number of likely N-dealkylation sites (tertiary alicyclic amines) is 1. The van der Waals surface area contributed by atoms with Crippen molar-refractivity contribution in [3.05, 3.63) is 101 Å². The van der Waals surface area contributed by atoms with Crippen molar-refractivity contribution in [1.82, 2.24) is 15.1 Å². The summed E-state index contributed by atoms with van der Waals surface area (Å²) in [5, 5.41) is 2.91. The van der Waals surface area contributed by atoms with Crippen LogP contribution in [0.1, 0.15) is 65.0 Å². The molecular weight excluding hydrogens is 622 g/mol. The van der Waals surface area contributed by atoms with Crippen LogP contribution in [-0.2, 0) is 31.0 Å². The van der Waals surface area contributed by atoms with Gasteiger partial charge in [-0.1, -0.05) is 42.5 Å². The molecule has 4 heterocycles. The largest absolute Gasteiger partial charge is 0.489 e. The summed E-state index contributed by atoms with van der Waals surface area (Å²) in [4.78, 5) is 43.9. The molecule has 0 aromatic heterocycles. The minimum absolute atomic E-state index is 0.0826. The number of carbonyl (C=O) groups excluding carboxylic acids is 3. The molecule has 0 saturated carbocycles. The Balaban J connectivity index is 0.993. The number of nitrogens with one attached hydrogen (secondary N) is 1. The number of benzene rings is 3. The summed E-state index contributed by atoms with van der Waals surface area (Å²) >= 11 is 0. The van der Waals surface area contributed by atoms with Gasteiger partial charge in [0.25, 0.3) is 11.8 Å².